The van der Waals surface area contributed by atoms with Gasteiger partial charge in [0.25, 0.3) is 0 Å². The Bertz CT molecular complexity index is 468. The molecule has 0 aromatic heterocycles. The summed E-state index contributed by atoms with van der Waals surface area (Å²) in [6.07, 6.45) is 3.70. The normalized spacial score (nSPS) is 11.5. The van der Waals surface area contributed by atoms with Crippen LogP contribution in [0.4, 0.5) is 0 Å². The maximum Gasteiger partial charge on any atom is 0.358 e. The Kier molecular flexibility index (Phi) is 5.35. The molecule has 0 amide bonds. The first-order valence-electron chi connectivity index (χ1n) is 5.11. The van der Waals surface area contributed by atoms with Crippen LogP contribution in [0.3, 0.4) is 0 Å². The zero-order valence-electron chi connectivity index (χ0n) is 9.15. The van der Waals surface area contributed by atoms with Gasteiger partial charge in [0.2, 0.25) is 0 Å². The number of hydrogen-bond donors (Lipinski definition) is 0. The largest absolute Gasteiger partial charge is 0.358 e. The SMILES string of the molecule is O=CCCCC=NOS(=O)(=O)c1ccccc1. The predicted molar refractivity (Wildman–Crippen MR) is 63.1 cm³/mol. The molecule has 17 heavy (non-hydrogen) atoms. The molecule has 1 rings (SSSR count). The van der Waals surface area contributed by atoms with Crippen LogP contribution >= 0.6 is 0 Å². The molecule has 92 valence electrons. The van der Waals surface area contributed by atoms with Crippen LogP contribution < -0.4 is 0 Å². The lowest BCUT2D eigenvalue weighted by Crippen LogP contribution is -2.02. The Morgan fingerprint density at radius 2 is 1.88 bits per heavy atom. The topological polar surface area (TPSA) is 72.8 Å². The van der Waals surface area contributed by atoms with Crippen molar-refractivity contribution in [2.75, 3.05) is 0 Å². The van der Waals surface area contributed by atoms with E-state index in [9.17, 15) is 13.2 Å². The molecule has 5 nitrogen and oxygen atoms in total. The molecule has 0 aliphatic rings. The van der Waals surface area contributed by atoms with Crippen molar-refractivity contribution in [3.8, 4) is 0 Å². The maximum atomic E-state index is 11.5. The first-order chi connectivity index (χ1) is 8.17. The van der Waals surface area contributed by atoms with E-state index in [-0.39, 0.29) is 4.90 Å². The fraction of sp³-hybridized carbons (Fsp3) is 0.273. The van der Waals surface area contributed by atoms with E-state index in [1.165, 1.54) is 18.3 Å². The zero-order valence-corrected chi connectivity index (χ0v) is 9.97. The van der Waals surface area contributed by atoms with Crippen LogP contribution in [-0.2, 0) is 19.2 Å². The van der Waals surface area contributed by atoms with Gasteiger partial charge < -0.3 is 4.79 Å². The number of oxime groups is 1. The Balaban J connectivity index is 2.48. The Morgan fingerprint density at radius 3 is 2.53 bits per heavy atom. The first-order valence-corrected chi connectivity index (χ1v) is 6.52. The monoisotopic (exact) mass is 255 g/mol. The molecule has 0 saturated carbocycles. The van der Waals surface area contributed by atoms with Gasteiger partial charge in [-0.25, -0.2) is 0 Å². The number of rotatable bonds is 7. The number of carbonyl (C=O) groups is 1. The van der Waals surface area contributed by atoms with Crippen molar-refractivity contribution in [2.24, 2.45) is 5.16 Å². The molecule has 0 heterocycles. The van der Waals surface area contributed by atoms with Crippen LogP contribution in [0.5, 0.6) is 0 Å². The van der Waals surface area contributed by atoms with Crippen molar-refractivity contribution in [2.45, 2.75) is 24.2 Å². The summed E-state index contributed by atoms with van der Waals surface area (Å²) < 4.78 is 27.5. The van der Waals surface area contributed by atoms with Gasteiger partial charge in [-0.2, -0.15) is 8.42 Å². The Labute approximate surface area is 100 Å². The Hall–Kier alpha value is -1.69. The summed E-state index contributed by atoms with van der Waals surface area (Å²) in [4.78, 5) is 10.1. The number of carbonyl (C=O) groups excluding carboxylic acids is 1. The van der Waals surface area contributed by atoms with Gasteiger partial charge in [-0.1, -0.05) is 23.4 Å². The van der Waals surface area contributed by atoms with Crippen LogP contribution in [-0.4, -0.2) is 20.9 Å². The van der Waals surface area contributed by atoms with E-state index < -0.39 is 10.1 Å². The lowest BCUT2D eigenvalue weighted by atomic mass is 10.3. The van der Waals surface area contributed by atoms with Gasteiger partial charge in [-0.15, -0.1) is 0 Å². The molecule has 1 aromatic carbocycles. The highest BCUT2D eigenvalue weighted by molar-refractivity contribution is 7.86. The van der Waals surface area contributed by atoms with E-state index in [0.29, 0.717) is 19.3 Å². The maximum absolute atomic E-state index is 11.5. The molecular formula is C11H13NO4S. The Morgan fingerprint density at radius 1 is 1.18 bits per heavy atom. The van der Waals surface area contributed by atoms with Gasteiger partial charge in [0.15, 0.2) is 0 Å². The minimum Gasteiger partial charge on any atom is -0.303 e. The molecule has 0 unspecified atom stereocenters. The lowest BCUT2D eigenvalue weighted by Gasteiger charge is -1.99. The average molecular weight is 255 g/mol. The van der Waals surface area contributed by atoms with E-state index in [0.717, 1.165) is 6.29 Å². The van der Waals surface area contributed by atoms with E-state index in [1.54, 1.807) is 18.2 Å². The van der Waals surface area contributed by atoms with Gasteiger partial charge >= 0.3 is 10.1 Å². The highest BCUT2D eigenvalue weighted by Crippen LogP contribution is 2.11. The fourth-order valence-electron chi connectivity index (χ4n) is 1.06. The van der Waals surface area contributed by atoms with Crippen LogP contribution in [0, 0.1) is 0 Å². The quantitative estimate of drug-likeness (QED) is 0.322. The number of aldehydes is 1. The van der Waals surface area contributed by atoms with Gasteiger partial charge in [-0.05, 0) is 25.0 Å². The highest BCUT2D eigenvalue weighted by Gasteiger charge is 2.13. The molecule has 0 fully saturated rings. The number of unbranched alkanes of at least 4 members (excludes halogenated alkanes) is 2. The van der Waals surface area contributed by atoms with E-state index in [4.69, 9.17) is 0 Å². The van der Waals surface area contributed by atoms with Crippen molar-refractivity contribution < 1.29 is 17.5 Å². The molecule has 0 aliphatic heterocycles. The van der Waals surface area contributed by atoms with Crippen molar-refractivity contribution in [1.82, 2.24) is 0 Å². The van der Waals surface area contributed by atoms with Gasteiger partial charge in [0.1, 0.15) is 11.2 Å². The molecule has 0 saturated heterocycles. The molecular weight excluding hydrogens is 242 g/mol. The predicted octanol–water partition coefficient (Wildman–Crippen LogP) is 1.75. The smallest absolute Gasteiger partial charge is 0.303 e. The van der Waals surface area contributed by atoms with Gasteiger partial charge in [0, 0.05) is 12.6 Å². The van der Waals surface area contributed by atoms with Crippen molar-refractivity contribution in [3.63, 3.8) is 0 Å². The minimum absolute atomic E-state index is 0.0602. The molecule has 6 heteroatoms. The van der Waals surface area contributed by atoms with E-state index in [1.807, 2.05) is 0 Å². The standard InChI is InChI=1S/C11H13NO4S/c13-10-6-2-5-9-12-16-17(14,15)11-7-3-1-4-8-11/h1,3-4,7-10H,2,5-6H2. The van der Waals surface area contributed by atoms with E-state index >= 15 is 0 Å². The summed E-state index contributed by atoms with van der Waals surface area (Å²) in [7, 11) is -3.82. The molecule has 0 N–H and O–H groups in total. The zero-order chi connectivity index (χ0) is 12.6. The summed E-state index contributed by atoms with van der Waals surface area (Å²) >= 11 is 0. The summed E-state index contributed by atoms with van der Waals surface area (Å²) in [5, 5.41) is 3.36. The number of benzene rings is 1. The third-order valence-corrected chi connectivity index (χ3v) is 3.03. The highest BCUT2D eigenvalue weighted by atomic mass is 32.2. The summed E-state index contributed by atoms with van der Waals surface area (Å²) in [5.41, 5.74) is 0. The molecule has 0 radical (unpaired) electrons. The molecule has 0 atom stereocenters. The summed E-state index contributed by atoms with van der Waals surface area (Å²) in [6.45, 7) is 0. The summed E-state index contributed by atoms with van der Waals surface area (Å²) in [5.74, 6) is 0. The first kappa shape index (κ1) is 13.4. The van der Waals surface area contributed by atoms with Crippen LogP contribution in [0.1, 0.15) is 19.3 Å². The number of nitrogens with zero attached hydrogens (tertiary/aromatic N) is 1. The summed E-state index contributed by atoms with van der Waals surface area (Å²) in [6, 6.07) is 7.77. The van der Waals surface area contributed by atoms with Crippen LogP contribution in [0.2, 0.25) is 0 Å². The second-order valence-corrected chi connectivity index (χ2v) is 4.76. The number of hydrogen-bond acceptors (Lipinski definition) is 5. The van der Waals surface area contributed by atoms with Crippen LogP contribution in [0.15, 0.2) is 40.4 Å². The fourth-order valence-corrected chi connectivity index (χ4v) is 1.81. The molecule has 1 aromatic rings. The molecule has 0 aliphatic carbocycles. The van der Waals surface area contributed by atoms with Gasteiger partial charge in [-0.3, -0.25) is 4.28 Å². The third kappa shape index (κ3) is 4.78. The van der Waals surface area contributed by atoms with Gasteiger partial charge in [0.05, 0.1) is 0 Å². The van der Waals surface area contributed by atoms with Crippen molar-refractivity contribution in [3.05, 3.63) is 30.3 Å². The molecule has 0 spiro atoms. The molecule has 0 bridgehead atoms. The van der Waals surface area contributed by atoms with Crippen LogP contribution in [0.25, 0.3) is 0 Å². The van der Waals surface area contributed by atoms with Crippen molar-refractivity contribution >= 4 is 22.6 Å². The second kappa shape index (κ2) is 6.80. The van der Waals surface area contributed by atoms with Crippen molar-refractivity contribution in [1.29, 1.82) is 0 Å². The average Bonchev–Trinajstić information content (AvgIpc) is 2.35. The minimum atomic E-state index is -3.82. The third-order valence-electron chi connectivity index (χ3n) is 1.90. The van der Waals surface area contributed by atoms with E-state index in [2.05, 4.69) is 9.44 Å². The second-order valence-electron chi connectivity index (χ2n) is 3.23. The lowest BCUT2D eigenvalue weighted by molar-refractivity contribution is -0.107.